The molecule has 0 fully saturated rings. The first kappa shape index (κ1) is 16.9. The van der Waals surface area contributed by atoms with Crippen LogP contribution >= 0.6 is 0 Å². The van der Waals surface area contributed by atoms with Crippen LogP contribution in [0, 0.1) is 13.8 Å². The Morgan fingerprint density at radius 2 is 2.09 bits per heavy atom. The number of carboxylic acid groups (broad SMARTS) is 1. The van der Waals surface area contributed by atoms with E-state index in [9.17, 15) is 14.7 Å². The molecule has 2 N–H and O–H groups in total. The molecule has 0 aromatic carbocycles. The number of carbonyl (C=O) groups excluding carboxylic acids is 1. The van der Waals surface area contributed by atoms with E-state index >= 15 is 0 Å². The Bertz CT molecular complexity index is 755. The van der Waals surface area contributed by atoms with E-state index in [0.29, 0.717) is 18.6 Å². The Morgan fingerprint density at radius 1 is 1.39 bits per heavy atom. The summed E-state index contributed by atoms with van der Waals surface area (Å²) in [5.41, 5.74) is 1.36. The van der Waals surface area contributed by atoms with Crippen LogP contribution in [0.2, 0.25) is 0 Å². The second-order valence-electron chi connectivity index (χ2n) is 5.77. The molecule has 2 rings (SSSR count). The number of carboxylic acids is 1. The van der Waals surface area contributed by atoms with Gasteiger partial charge in [-0.25, -0.2) is 14.3 Å². The normalized spacial score (nSPS) is 13.7. The molecular formula is C15H21N5O3. The number of aliphatic carboxylic acids is 1. The molecule has 0 aliphatic rings. The maximum absolute atomic E-state index is 12.1. The Morgan fingerprint density at radius 3 is 2.70 bits per heavy atom. The van der Waals surface area contributed by atoms with Crippen molar-refractivity contribution >= 4 is 17.7 Å². The van der Waals surface area contributed by atoms with E-state index in [-0.39, 0.29) is 12.3 Å². The fourth-order valence-corrected chi connectivity index (χ4v) is 2.42. The molecule has 1 amide bonds. The Hall–Kier alpha value is -2.51. The van der Waals surface area contributed by atoms with Crippen LogP contribution in [-0.2, 0) is 16.0 Å². The van der Waals surface area contributed by atoms with Gasteiger partial charge >= 0.3 is 5.97 Å². The number of aryl methyl sites for hydroxylation is 2. The molecule has 0 aliphatic carbocycles. The smallest absolute Gasteiger partial charge is 0.329 e. The molecule has 1 unspecified atom stereocenters. The Balaban J connectivity index is 2.12. The highest BCUT2D eigenvalue weighted by molar-refractivity contribution is 5.86. The SMILES string of the molecule is CCC(C)(NC(=O)CCc1c(C)nc2ncnn2c1C)C(=O)O. The van der Waals surface area contributed by atoms with Crippen molar-refractivity contribution in [2.45, 2.75) is 52.5 Å². The number of fused-ring (bicyclic) bond motifs is 1. The number of amides is 1. The fraction of sp³-hybridized carbons (Fsp3) is 0.533. The molecule has 0 bridgehead atoms. The van der Waals surface area contributed by atoms with Gasteiger partial charge in [-0.2, -0.15) is 10.1 Å². The van der Waals surface area contributed by atoms with Crippen LogP contribution in [0.4, 0.5) is 0 Å². The highest BCUT2D eigenvalue weighted by atomic mass is 16.4. The molecule has 2 heterocycles. The molecule has 0 spiro atoms. The second-order valence-corrected chi connectivity index (χ2v) is 5.77. The molecule has 2 aromatic heterocycles. The van der Waals surface area contributed by atoms with Crippen LogP contribution in [0.5, 0.6) is 0 Å². The topological polar surface area (TPSA) is 109 Å². The predicted molar refractivity (Wildman–Crippen MR) is 83.1 cm³/mol. The summed E-state index contributed by atoms with van der Waals surface area (Å²) in [7, 11) is 0. The fourth-order valence-electron chi connectivity index (χ4n) is 2.42. The van der Waals surface area contributed by atoms with E-state index in [1.165, 1.54) is 13.3 Å². The van der Waals surface area contributed by atoms with Gasteiger partial charge in [0.1, 0.15) is 11.9 Å². The molecule has 0 saturated carbocycles. The zero-order valence-corrected chi connectivity index (χ0v) is 13.8. The molecule has 8 heteroatoms. The van der Waals surface area contributed by atoms with E-state index in [1.54, 1.807) is 11.4 Å². The van der Waals surface area contributed by atoms with Gasteiger partial charge in [-0.15, -0.1) is 0 Å². The van der Waals surface area contributed by atoms with Crippen molar-refractivity contribution in [2.75, 3.05) is 0 Å². The van der Waals surface area contributed by atoms with Crippen molar-refractivity contribution < 1.29 is 14.7 Å². The van der Waals surface area contributed by atoms with Crippen molar-refractivity contribution in [3.8, 4) is 0 Å². The maximum atomic E-state index is 12.1. The molecule has 124 valence electrons. The minimum Gasteiger partial charge on any atom is -0.480 e. The summed E-state index contributed by atoms with van der Waals surface area (Å²) < 4.78 is 1.63. The highest BCUT2D eigenvalue weighted by Crippen LogP contribution is 2.16. The lowest BCUT2D eigenvalue weighted by Crippen LogP contribution is -2.51. The number of rotatable bonds is 6. The van der Waals surface area contributed by atoms with Crippen molar-refractivity contribution in [1.82, 2.24) is 24.9 Å². The second kappa shape index (κ2) is 6.31. The van der Waals surface area contributed by atoms with Gasteiger partial charge in [0.15, 0.2) is 0 Å². The van der Waals surface area contributed by atoms with E-state index < -0.39 is 11.5 Å². The summed E-state index contributed by atoms with van der Waals surface area (Å²) in [4.78, 5) is 31.8. The van der Waals surface area contributed by atoms with E-state index in [2.05, 4.69) is 20.4 Å². The number of hydrogen-bond acceptors (Lipinski definition) is 5. The lowest BCUT2D eigenvalue weighted by Gasteiger charge is -2.24. The van der Waals surface area contributed by atoms with Crippen LogP contribution < -0.4 is 5.32 Å². The average Bonchev–Trinajstić information content (AvgIpc) is 2.94. The van der Waals surface area contributed by atoms with E-state index in [0.717, 1.165) is 17.0 Å². The van der Waals surface area contributed by atoms with E-state index in [1.807, 2.05) is 13.8 Å². The number of hydrogen-bond donors (Lipinski definition) is 2. The number of nitrogens with one attached hydrogen (secondary N) is 1. The summed E-state index contributed by atoms with van der Waals surface area (Å²) >= 11 is 0. The molecular weight excluding hydrogens is 298 g/mol. The minimum absolute atomic E-state index is 0.187. The van der Waals surface area contributed by atoms with Gasteiger partial charge < -0.3 is 10.4 Å². The number of carbonyl (C=O) groups is 2. The first-order valence-electron chi connectivity index (χ1n) is 7.48. The summed E-state index contributed by atoms with van der Waals surface area (Å²) in [5, 5.41) is 15.9. The molecule has 0 saturated heterocycles. The van der Waals surface area contributed by atoms with Crippen LogP contribution in [0.15, 0.2) is 6.33 Å². The van der Waals surface area contributed by atoms with Gasteiger partial charge in [-0.3, -0.25) is 4.79 Å². The summed E-state index contributed by atoms with van der Waals surface area (Å²) in [5.74, 6) is -0.807. The van der Waals surface area contributed by atoms with Crippen molar-refractivity contribution in [1.29, 1.82) is 0 Å². The summed E-state index contributed by atoms with van der Waals surface area (Å²) in [6.07, 6.45) is 2.40. The van der Waals surface area contributed by atoms with Gasteiger partial charge in [-0.1, -0.05) is 6.92 Å². The van der Waals surface area contributed by atoms with Gasteiger partial charge in [0, 0.05) is 17.8 Å². The lowest BCUT2D eigenvalue weighted by molar-refractivity contribution is -0.147. The van der Waals surface area contributed by atoms with Crippen LogP contribution in [0.25, 0.3) is 5.78 Å². The minimum atomic E-state index is -1.24. The largest absolute Gasteiger partial charge is 0.480 e. The average molecular weight is 319 g/mol. The predicted octanol–water partition coefficient (Wildman–Crippen LogP) is 1.04. The molecule has 0 radical (unpaired) electrons. The quantitative estimate of drug-likeness (QED) is 0.823. The van der Waals surface area contributed by atoms with Gasteiger partial charge in [0.25, 0.3) is 5.78 Å². The van der Waals surface area contributed by atoms with Crippen LogP contribution in [-0.4, -0.2) is 42.1 Å². The Kier molecular flexibility index (Phi) is 4.63. The first-order chi connectivity index (χ1) is 10.8. The molecule has 8 nitrogen and oxygen atoms in total. The zero-order chi connectivity index (χ0) is 17.2. The van der Waals surface area contributed by atoms with Crippen molar-refractivity contribution in [2.24, 2.45) is 0 Å². The number of aromatic nitrogens is 4. The third-order valence-electron chi connectivity index (χ3n) is 4.19. The van der Waals surface area contributed by atoms with Crippen molar-refractivity contribution in [3.63, 3.8) is 0 Å². The standard InChI is InChI=1S/C15H21N5O3/c1-5-15(4,13(22)23)19-12(21)7-6-11-9(2)18-14-16-8-17-20(14)10(11)3/h8H,5-7H2,1-4H3,(H,19,21)(H,22,23). The molecule has 1 atom stereocenters. The van der Waals surface area contributed by atoms with Crippen LogP contribution in [0.3, 0.4) is 0 Å². The zero-order valence-electron chi connectivity index (χ0n) is 13.8. The number of nitrogens with zero attached hydrogens (tertiary/aromatic N) is 4. The maximum Gasteiger partial charge on any atom is 0.329 e. The lowest BCUT2D eigenvalue weighted by atomic mass is 9.98. The van der Waals surface area contributed by atoms with Crippen LogP contribution in [0.1, 0.15) is 43.6 Å². The summed E-state index contributed by atoms with van der Waals surface area (Å²) in [6, 6.07) is 0. The van der Waals surface area contributed by atoms with Gasteiger partial charge in [0.05, 0.1) is 0 Å². The van der Waals surface area contributed by atoms with Gasteiger partial charge in [0.2, 0.25) is 5.91 Å². The van der Waals surface area contributed by atoms with E-state index in [4.69, 9.17) is 0 Å². The Labute approximate surface area is 133 Å². The third kappa shape index (κ3) is 3.30. The summed E-state index contributed by atoms with van der Waals surface area (Å²) in [6.45, 7) is 7.00. The highest BCUT2D eigenvalue weighted by Gasteiger charge is 2.32. The molecule has 23 heavy (non-hydrogen) atoms. The monoisotopic (exact) mass is 319 g/mol. The third-order valence-corrected chi connectivity index (χ3v) is 4.19. The molecule has 0 aliphatic heterocycles. The van der Waals surface area contributed by atoms with Gasteiger partial charge in [-0.05, 0) is 39.2 Å². The molecule has 2 aromatic rings. The first-order valence-corrected chi connectivity index (χ1v) is 7.48. The van der Waals surface area contributed by atoms with Crippen molar-refractivity contribution in [3.05, 3.63) is 23.3 Å².